The molecular weight excluding hydrogens is 465 g/mol. The average Bonchev–Trinajstić information content (AvgIpc) is 3.06. The van der Waals surface area contributed by atoms with Crippen molar-refractivity contribution >= 4 is 48.3 Å². The van der Waals surface area contributed by atoms with Gasteiger partial charge in [0.2, 0.25) is 0 Å². The molecule has 176 valence electrons. The van der Waals surface area contributed by atoms with Gasteiger partial charge in [0.25, 0.3) is 5.91 Å². The molecule has 1 fully saturated rings. The Morgan fingerprint density at radius 3 is 2.79 bits per heavy atom. The summed E-state index contributed by atoms with van der Waals surface area (Å²) in [6.45, 7) is 7.50. The minimum absolute atomic E-state index is 0.155. The zero-order valence-corrected chi connectivity index (χ0v) is 20.8. The van der Waals surface area contributed by atoms with Crippen LogP contribution in [-0.4, -0.2) is 52.4 Å². The normalized spacial score (nSPS) is 18.9. The Morgan fingerprint density at radius 1 is 1.45 bits per heavy atom. The fourth-order valence-electron chi connectivity index (χ4n) is 4.19. The Kier molecular flexibility index (Phi) is 6.34. The van der Waals surface area contributed by atoms with Crippen LogP contribution in [0.5, 0.6) is 5.75 Å². The predicted molar refractivity (Wildman–Crippen MR) is 128 cm³/mol. The van der Waals surface area contributed by atoms with E-state index in [1.165, 1.54) is 6.07 Å². The number of fused-ring (bicyclic) bond motifs is 1. The van der Waals surface area contributed by atoms with Gasteiger partial charge < -0.3 is 25.3 Å². The van der Waals surface area contributed by atoms with E-state index >= 15 is 4.39 Å². The number of aryl methyl sites for hydroxylation is 1. The molecule has 0 spiro atoms. The summed E-state index contributed by atoms with van der Waals surface area (Å²) >= 11 is 6.27. The van der Waals surface area contributed by atoms with Gasteiger partial charge in [0.15, 0.2) is 5.82 Å². The number of ether oxygens (including phenoxy) is 1. The van der Waals surface area contributed by atoms with Crippen LogP contribution in [-0.2, 0) is 0 Å². The zero-order chi connectivity index (χ0) is 24.0. The molecule has 0 radical (unpaired) electrons. The summed E-state index contributed by atoms with van der Waals surface area (Å²) < 4.78 is 23.1. The molecule has 1 aliphatic rings. The van der Waals surface area contributed by atoms with E-state index in [0.717, 1.165) is 11.1 Å². The van der Waals surface area contributed by atoms with E-state index in [4.69, 9.17) is 27.1 Å². The van der Waals surface area contributed by atoms with E-state index in [1.807, 2.05) is 31.7 Å². The highest BCUT2D eigenvalue weighted by Crippen LogP contribution is 2.29. The number of hydrogen-bond donors (Lipinski definition) is 3. The molecule has 1 saturated carbocycles. The van der Waals surface area contributed by atoms with Crippen molar-refractivity contribution in [3.05, 3.63) is 40.6 Å². The van der Waals surface area contributed by atoms with Gasteiger partial charge >= 0.3 is 0 Å². The van der Waals surface area contributed by atoms with E-state index in [-0.39, 0.29) is 28.5 Å². The summed E-state index contributed by atoms with van der Waals surface area (Å²) in [5.74, 6) is -0.886. The lowest BCUT2D eigenvalue weighted by atomic mass is 9.89. The molecule has 2 heterocycles. The van der Waals surface area contributed by atoms with Crippen molar-refractivity contribution in [1.29, 1.82) is 0 Å². The number of aromatic nitrogens is 3. The molecule has 11 heteroatoms. The molecule has 1 amide bonds. The number of anilines is 1. The predicted octanol–water partition coefficient (Wildman–Crippen LogP) is 1.42. The van der Waals surface area contributed by atoms with Gasteiger partial charge in [0, 0.05) is 18.4 Å². The van der Waals surface area contributed by atoms with Crippen LogP contribution in [0.25, 0.3) is 5.52 Å². The van der Waals surface area contributed by atoms with Crippen molar-refractivity contribution in [2.75, 3.05) is 5.73 Å². The van der Waals surface area contributed by atoms with Crippen molar-refractivity contribution in [1.82, 2.24) is 19.7 Å². The van der Waals surface area contributed by atoms with Crippen molar-refractivity contribution in [2.45, 2.75) is 58.4 Å². The number of nitrogen functional groups attached to an aromatic ring is 1. The minimum Gasteiger partial charge on any atom is -0.490 e. The fourth-order valence-corrected chi connectivity index (χ4v) is 6.83. The Bertz CT molecular complexity index is 1230. The van der Waals surface area contributed by atoms with Crippen LogP contribution >= 0.6 is 11.6 Å². The van der Waals surface area contributed by atoms with Crippen LogP contribution in [0.2, 0.25) is 11.6 Å². The highest BCUT2D eigenvalue weighted by atomic mass is 35.5. The summed E-state index contributed by atoms with van der Waals surface area (Å²) in [5.41, 5.74) is 8.06. The summed E-state index contributed by atoms with van der Waals surface area (Å²) in [4.78, 5) is 22.0. The Morgan fingerprint density at radius 2 is 2.15 bits per heavy atom. The number of carbonyl (C=O) groups excluding carboxylic acids is 1. The lowest BCUT2D eigenvalue weighted by Gasteiger charge is -2.32. The molecule has 2 aromatic heterocycles. The number of nitrogens with one attached hydrogen (secondary N) is 1. The molecule has 1 aliphatic carbocycles. The molecule has 0 unspecified atom stereocenters. The van der Waals surface area contributed by atoms with Crippen LogP contribution in [0.1, 0.15) is 42.7 Å². The largest absolute Gasteiger partial charge is 0.490 e. The first-order valence-corrected chi connectivity index (χ1v) is 13.5. The first-order chi connectivity index (χ1) is 15.6. The molecule has 0 bridgehead atoms. The average molecular weight is 492 g/mol. The van der Waals surface area contributed by atoms with Crippen LogP contribution in [0.4, 0.5) is 10.2 Å². The molecule has 4 N–H and O–H groups in total. The summed E-state index contributed by atoms with van der Waals surface area (Å²) in [7, 11) is -2.15. The molecule has 8 nitrogen and oxygen atoms in total. The van der Waals surface area contributed by atoms with E-state index < -0.39 is 26.6 Å². The summed E-state index contributed by atoms with van der Waals surface area (Å²) in [5, 5.41) is 12.8. The SMILES string of the molecule is Cc1nc([Si@@H](C)c2cc(Cl)c(F)c(C(=O)N[C@H]3C[C@@H](O)C3)c2OC(C)C)n2ccnc(N)c12. The second-order valence-electron chi connectivity index (χ2n) is 8.74. The monoisotopic (exact) mass is 491 g/mol. The number of rotatable bonds is 6. The zero-order valence-electron chi connectivity index (χ0n) is 18.9. The lowest BCUT2D eigenvalue weighted by molar-refractivity contribution is 0.0559. The fraction of sp³-hybridized carbons (Fsp3) is 0.409. The number of aliphatic hydroxyl groups excluding tert-OH is 1. The van der Waals surface area contributed by atoms with Crippen LogP contribution < -0.4 is 26.4 Å². The number of aliphatic hydroxyl groups is 1. The van der Waals surface area contributed by atoms with Gasteiger partial charge in [-0.1, -0.05) is 18.1 Å². The number of nitrogens with zero attached hydrogens (tertiary/aromatic N) is 3. The second kappa shape index (κ2) is 8.92. The van der Waals surface area contributed by atoms with Crippen molar-refractivity contribution in [3.63, 3.8) is 0 Å². The molecule has 0 saturated heterocycles. The maximum absolute atomic E-state index is 15.2. The van der Waals surface area contributed by atoms with Crippen LogP contribution in [0, 0.1) is 12.7 Å². The van der Waals surface area contributed by atoms with Gasteiger partial charge in [-0.2, -0.15) is 0 Å². The molecule has 33 heavy (non-hydrogen) atoms. The van der Waals surface area contributed by atoms with Gasteiger partial charge in [-0.05, 0) is 44.9 Å². The third kappa shape index (κ3) is 4.30. The lowest BCUT2D eigenvalue weighted by Crippen LogP contribution is -2.48. The molecule has 1 atom stereocenters. The maximum Gasteiger partial charge on any atom is 0.258 e. The number of halogens is 2. The number of benzene rings is 1. The van der Waals surface area contributed by atoms with E-state index in [2.05, 4.69) is 10.3 Å². The van der Waals surface area contributed by atoms with Gasteiger partial charge in [0.05, 0.1) is 28.4 Å². The summed E-state index contributed by atoms with van der Waals surface area (Å²) in [6, 6.07) is 1.32. The Balaban J connectivity index is 1.85. The highest BCUT2D eigenvalue weighted by molar-refractivity contribution is 6.84. The van der Waals surface area contributed by atoms with Gasteiger partial charge in [-0.15, -0.1) is 0 Å². The van der Waals surface area contributed by atoms with Crippen molar-refractivity contribution in [3.8, 4) is 5.75 Å². The second-order valence-corrected chi connectivity index (χ2v) is 11.7. The van der Waals surface area contributed by atoms with Crippen molar-refractivity contribution < 1.29 is 19.0 Å². The maximum atomic E-state index is 15.2. The third-order valence-electron chi connectivity index (χ3n) is 5.87. The minimum atomic E-state index is -2.15. The number of amides is 1. The molecule has 4 rings (SSSR count). The van der Waals surface area contributed by atoms with Gasteiger partial charge in [-0.3, -0.25) is 4.79 Å². The Hall–Kier alpha value is -2.69. The molecule has 1 aromatic carbocycles. The first kappa shape index (κ1) is 23.5. The van der Waals surface area contributed by atoms with Gasteiger partial charge in [0.1, 0.15) is 31.4 Å². The summed E-state index contributed by atoms with van der Waals surface area (Å²) in [6.07, 6.45) is 3.49. The van der Waals surface area contributed by atoms with Crippen LogP contribution in [0.3, 0.4) is 0 Å². The van der Waals surface area contributed by atoms with E-state index in [9.17, 15) is 9.90 Å². The third-order valence-corrected chi connectivity index (χ3v) is 8.69. The van der Waals surface area contributed by atoms with Crippen molar-refractivity contribution in [2.24, 2.45) is 0 Å². The number of nitrogens with two attached hydrogens (primary N) is 1. The smallest absolute Gasteiger partial charge is 0.258 e. The quantitative estimate of drug-likeness (QED) is 0.449. The highest BCUT2D eigenvalue weighted by Gasteiger charge is 2.34. The number of hydrogen-bond acceptors (Lipinski definition) is 6. The molecule has 3 aromatic rings. The first-order valence-electron chi connectivity index (χ1n) is 10.8. The van der Waals surface area contributed by atoms with Gasteiger partial charge in [-0.25, -0.2) is 14.4 Å². The van der Waals surface area contributed by atoms with E-state index in [1.54, 1.807) is 12.4 Å². The molecular formula is C22H27ClFN5O3Si. The Labute approximate surface area is 197 Å². The van der Waals surface area contributed by atoms with Crippen LogP contribution in [0.15, 0.2) is 18.5 Å². The van der Waals surface area contributed by atoms with E-state index in [0.29, 0.717) is 29.4 Å². The molecule has 0 aliphatic heterocycles. The number of carbonyl (C=O) groups is 1. The standard InChI is InChI=1S/C22H27ClFN5O3Si/c1-10(2)32-19-15(33(4)22-27-11(3)18-20(25)26-5-6-29(18)22)9-14(23)17(24)16(19)21(31)28-12-7-13(30)8-12/h5-6,9-10,12-13,30,33H,7-8H2,1-4H3,(H2,25,26)(H,28,31)/t12-,13+,33-/m0/s1. The topological polar surface area (TPSA) is 115 Å². The number of imidazole rings is 1.